The Morgan fingerprint density at radius 3 is 0.490 bits per heavy atom. The number of hydrogen-bond acceptors (Lipinski definition) is 47. The summed E-state index contributed by atoms with van der Waals surface area (Å²) in [5, 5.41) is 0. The van der Waals surface area contributed by atoms with Gasteiger partial charge in [-0.1, -0.05) is 11.7 Å². The molecule has 0 aromatic carbocycles. The molecular weight excluding hydrogens is 1550 g/mol. The van der Waals surface area contributed by atoms with Crippen molar-refractivity contribution in [1.82, 2.24) is 0 Å². The molecule has 0 aromatic heterocycles. The largest absolute Gasteiger partial charge is 0.0988 e. The fourth-order valence-corrected chi connectivity index (χ4v) is 124. The second kappa shape index (κ2) is 58.9. The van der Waals surface area contributed by atoms with Gasteiger partial charge in [-0.15, -0.1) is 0 Å². The molecule has 0 rings (SSSR count). The van der Waals surface area contributed by atoms with Gasteiger partial charge in [0.05, 0.1) is 0 Å². The molecule has 0 aromatic rings. The summed E-state index contributed by atoms with van der Waals surface area (Å²) in [6.45, 7) is 0. The van der Waals surface area contributed by atoms with Gasteiger partial charge >= 0.3 is 0 Å². The molecule has 0 heterocycles. The zero-order chi connectivity index (χ0) is 35.6. The van der Waals surface area contributed by atoms with Crippen molar-refractivity contribution in [3.8, 4) is 0 Å². The minimum Gasteiger partial charge on any atom is -0.0988 e. The molecule has 0 aliphatic heterocycles. The summed E-state index contributed by atoms with van der Waals surface area (Å²) < 4.78 is 0. The van der Waals surface area contributed by atoms with Gasteiger partial charge in [0.2, 0.25) is 0 Å². The van der Waals surface area contributed by atoms with Crippen molar-refractivity contribution in [2.45, 2.75) is 0 Å². The van der Waals surface area contributed by atoms with Gasteiger partial charge in [0.25, 0.3) is 0 Å². The van der Waals surface area contributed by atoms with E-state index in [1.807, 2.05) is 301 Å². The average Bonchev–Trinajstić information content (AvgIpc) is 3.08. The summed E-state index contributed by atoms with van der Waals surface area (Å²) in [6, 6.07) is 0. The first kappa shape index (κ1) is 65.5. The van der Waals surface area contributed by atoms with Crippen LogP contribution in [0.15, 0.2) is 0 Å². The molecule has 296 valence electrons. The quantitative estimate of drug-likeness (QED) is 0.0349. The fraction of sp³-hybridized carbons (Fsp3) is 1.00. The Kier molecular flexibility index (Phi) is 78.7. The van der Waals surface area contributed by atoms with Crippen LogP contribution < -0.4 is 0 Å². The third-order valence-corrected chi connectivity index (χ3v) is 103. The van der Waals surface area contributed by atoms with Crippen molar-refractivity contribution in [1.29, 1.82) is 0 Å². The number of rotatable bonds is 44. The highest BCUT2D eigenvalue weighted by molar-refractivity contribution is 9.63. The van der Waals surface area contributed by atoms with Gasteiger partial charge in [-0.25, -0.2) is 0 Å². The lowest BCUT2D eigenvalue weighted by Crippen LogP contribution is -1.75. The van der Waals surface area contributed by atoms with Crippen molar-refractivity contribution in [3.05, 3.63) is 0 Å². The lowest BCUT2D eigenvalue weighted by Gasteiger charge is -2.00. The molecule has 48 heteroatoms. The molecule has 0 bridgehead atoms. The summed E-state index contributed by atoms with van der Waals surface area (Å²) in [7, 11) is 78.9. The van der Waals surface area contributed by atoms with Crippen molar-refractivity contribution in [3.63, 3.8) is 0 Å². The minimum absolute atomic E-state index is 1.30. The molecule has 0 fully saturated rings. The van der Waals surface area contributed by atoms with Crippen molar-refractivity contribution >= 4 is 473 Å². The normalized spacial score (nSPS) is 12.0. The summed E-state index contributed by atoms with van der Waals surface area (Å²) in [5.74, 6) is 0. The summed E-state index contributed by atoms with van der Waals surface area (Å²) >= 11 is 14.5. The zero-order valence-corrected chi connectivity index (χ0v) is 59.9. The summed E-state index contributed by atoms with van der Waals surface area (Å²) in [4.78, 5) is 0. The molecule has 0 aliphatic carbocycles. The SMILES string of the molecule is CS(=S)(=S)SSSSSSSSSSSSSSSSSSSSSSSSSSSSSSSSSSSSSSSSSSSSS. The molecular formula is CH4S48. The lowest BCUT2D eigenvalue weighted by molar-refractivity contribution is 2.53. The monoisotopic (exact) mass is 1550 g/mol. The van der Waals surface area contributed by atoms with Gasteiger partial charge in [-0.3, -0.25) is 0 Å². The Hall–Kier alpha value is 16.5. The van der Waals surface area contributed by atoms with Gasteiger partial charge in [0.1, 0.15) is 0 Å². The highest BCUT2D eigenvalue weighted by atomic mass is 34.1. The summed E-state index contributed by atoms with van der Waals surface area (Å²) in [6.07, 6.45) is 0.661. The van der Waals surface area contributed by atoms with E-state index in [-0.39, 0.29) is 0 Å². The first-order valence-electron chi connectivity index (χ1n) is 8.26. The van der Waals surface area contributed by atoms with Crippen LogP contribution in [0.25, 0.3) is 0 Å². The number of hydrogen-bond donors (Lipinski definition) is 1. The van der Waals surface area contributed by atoms with Crippen LogP contribution in [0.1, 0.15) is 0 Å². The topological polar surface area (TPSA) is 0 Å². The standard InChI is InChI=1S/CH4S48/c1-49(3,4)48-47-46-45-44-43-42-41-40-39-38-37-36-35-34-33-32-31-30-29-28-27-26-25-24-23-22-21-20-19-18-17-16-15-14-13-12-11-10-9-8-7-6-5-2/h2H,1H3. The van der Waals surface area contributed by atoms with E-state index in [4.69, 9.17) is 22.4 Å². The first-order chi connectivity index (χ1) is 24.1. The zero-order valence-electron chi connectivity index (χ0n) is 20.6. The molecule has 0 saturated carbocycles. The molecule has 0 saturated heterocycles. The van der Waals surface area contributed by atoms with E-state index in [0.717, 1.165) is 0 Å². The van der Waals surface area contributed by atoms with Gasteiger partial charge in [0, 0.05) is 281 Å². The van der Waals surface area contributed by atoms with Gasteiger partial charge in [-0.05, 0) is 186 Å². The van der Waals surface area contributed by atoms with E-state index in [2.05, 4.69) is 11.7 Å². The van der Waals surface area contributed by atoms with Crippen LogP contribution >= 0.6 is 444 Å². The Labute approximate surface area is 466 Å². The Balaban J connectivity index is 3.06. The second-order valence-corrected chi connectivity index (χ2v) is 91.0. The van der Waals surface area contributed by atoms with Crippen molar-refractivity contribution in [2.75, 3.05) is 6.26 Å². The van der Waals surface area contributed by atoms with Crippen LogP contribution in [0, 0.1) is 0 Å². The third-order valence-electron chi connectivity index (χ3n) is 1.32. The van der Waals surface area contributed by atoms with E-state index in [9.17, 15) is 0 Å². The molecule has 49 heavy (non-hydrogen) atoms. The summed E-state index contributed by atoms with van der Waals surface area (Å²) in [5.41, 5.74) is 0. The highest BCUT2D eigenvalue weighted by Crippen LogP contribution is 2.68. The van der Waals surface area contributed by atoms with Gasteiger partial charge in [0.15, 0.2) is 0 Å². The Morgan fingerprint density at radius 1 is 0.245 bits per heavy atom. The Morgan fingerprint density at radius 2 is 0.367 bits per heavy atom. The van der Waals surface area contributed by atoms with Crippen molar-refractivity contribution < 1.29 is 0 Å². The van der Waals surface area contributed by atoms with Crippen LogP contribution in [0.5, 0.6) is 0 Å². The maximum atomic E-state index is 5.22. The van der Waals surface area contributed by atoms with Crippen LogP contribution in [0.4, 0.5) is 0 Å². The minimum atomic E-state index is -1.30. The maximum Gasteiger partial charge on any atom is 0.000468 e. The maximum absolute atomic E-state index is 5.22. The predicted octanol–water partition coefficient (Wildman–Crippen LogP) is 29.1. The average molecular weight is 1560 g/mol. The van der Waals surface area contributed by atoms with Gasteiger partial charge < -0.3 is 0 Å². The smallest absolute Gasteiger partial charge is 0.000468 e. The van der Waals surface area contributed by atoms with Crippen LogP contribution in [0.2, 0.25) is 0 Å². The van der Waals surface area contributed by atoms with Crippen LogP contribution in [0.3, 0.4) is 0 Å². The Bertz CT molecular complexity index is 675. The van der Waals surface area contributed by atoms with E-state index in [1.165, 1.54) is 9.83 Å². The molecule has 0 spiro atoms. The lowest BCUT2D eigenvalue weighted by atomic mass is 12.0. The van der Waals surface area contributed by atoms with Gasteiger partial charge in [-0.2, -0.15) is 0 Å². The van der Waals surface area contributed by atoms with Crippen LogP contribution in [-0.2, 0) is 28.6 Å². The molecule has 0 N–H and O–H groups in total. The predicted molar refractivity (Wildman–Crippen MR) is 371 cm³/mol. The number of thiol groups is 1. The fourth-order valence-electron chi connectivity index (χ4n) is 0.528. The van der Waals surface area contributed by atoms with Crippen molar-refractivity contribution in [2.24, 2.45) is 0 Å². The molecule has 0 unspecified atom stereocenters. The highest BCUT2D eigenvalue weighted by Gasteiger charge is 2.04. The molecule has 0 nitrogen and oxygen atoms in total. The molecule has 0 amide bonds. The van der Waals surface area contributed by atoms with E-state index in [1.54, 1.807) is 128 Å². The molecule has 0 aliphatic rings. The second-order valence-electron chi connectivity index (χ2n) is 3.70. The first-order valence-corrected chi connectivity index (χ1v) is 71.9. The molecule has 0 atom stereocenters. The van der Waals surface area contributed by atoms with E-state index in [0.29, 0.717) is 0 Å². The third kappa shape index (κ3) is 64.5. The van der Waals surface area contributed by atoms with E-state index >= 15 is 0 Å². The molecule has 0 radical (unpaired) electrons. The van der Waals surface area contributed by atoms with E-state index < -0.39 is 6.18 Å². The van der Waals surface area contributed by atoms with Crippen LogP contribution in [-0.4, -0.2) is 6.26 Å².